The molecule has 8 heteroatoms. The number of aliphatic hydroxyl groups is 1. The fourth-order valence-electron chi connectivity index (χ4n) is 4.49. The van der Waals surface area contributed by atoms with Crippen molar-refractivity contribution in [3.05, 3.63) is 102 Å². The Balaban J connectivity index is 1.32. The summed E-state index contributed by atoms with van der Waals surface area (Å²) in [4.78, 5) is 33.5. The van der Waals surface area contributed by atoms with Crippen LogP contribution in [0.3, 0.4) is 0 Å². The van der Waals surface area contributed by atoms with Gasteiger partial charge < -0.3 is 20.3 Å². The van der Waals surface area contributed by atoms with Crippen molar-refractivity contribution in [2.75, 3.05) is 6.61 Å². The van der Waals surface area contributed by atoms with Gasteiger partial charge in [0.05, 0.1) is 13.2 Å². The lowest BCUT2D eigenvalue weighted by molar-refractivity contribution is -0.139. The summed E-state index contributed by atoms with van der Waals surface area (Å²) in [5, 5.41) is 21.4. The molecule has 0 bridgehead atoms. The van der Waals surface area contributed by atoms with Gasteiger partial charge in [-0.15, -0.1) is 0 Å². The van der Waals surface area contributed by atoms with E-state index in [-0.39, 0.29) is 13.0 Å². The van der Waals surface area contributed by atoms with Gasteiger partial charge >= 0.3 is 5.97 Å². The van der Waals surface area contributed by atoms with E-state index in [1.54, 1.807) is 36.7 Å². The lowest BCUT2D eigenvalue weighted by Gasteiger charge is -2.15. The van der Waals surface area contributed by atoms with Gasteiger partial charge in [0.2, 0.25) is 0 Å². The Hall–Kier alpha value is -4.56. The molecule has 0 aliphatic heterocycles. The van der Waals surface area contributed by atoms with Gasteiger partial charge in [-0.05, 0) is 47.4 Å². The van der Waals surface area contributed by atoms with Crippen LogP contribution in [0.4, 0.5) is 0 Å². The zero-order valence-corrected chi connectivity index (χ0v) is 23.8. The molecular formula is C34H37N3O5. The number of hydrogen-bond donors (Lipinski definition) is 3. The van der Waals surface area contributed by atoms with Crippen molar-refractivity contribution in [3.8, 4) is 28.3 Å². The topological polar surface area (TPSA) is 122 Å². The molecule has 0 aliphatic carbocycles. The van der Waals surface area contributed by atoms with E-state index < -0.39 is 17.9 Å². The number of nitrogens with zero attached hydrogens (tertiary/aromatic N) is 2. The van der Waals surface area contributed by atoms with E-state index in [0.717, 1.165) is 41.0 Å². The molecule has 0 radical (unpaired) electrons. The minimum Gasteiger partial charge on any atom is -0.494 e. The van der Waals surface area contributed by atoms with Crippen LogP contribution < -0.4 is 10.1 Å². The van der Waals surface area contributed by atoms with Gasteiger partial charge in [-0.1, -0.05) is 81.1 Å². The number of aliphatic hydroxyl groups excluding tert-OH is 1. The minimum atomic E-state index is -1.12. The molecule has 0 saturated heterocycles. The van der Waals surface area contributed by atoms with Crippen molar-refractivity contribution >= 4 is 11.9 Å². The third-order valence-electron chi connectivity index (χ3n) is 7.01. The normalized spacial score (nSPS) is 11.6. The summed E-state index contributed by atoms with van der Waals surface area (Å²) in [6.07, 6.45) is 9.71. The molecule has 0 saturated carbocycles. The van der Waals surface area contributed by atoms with Gasteiger partial charge in [-0.25, -0.2) is 14.8 Å². The molecule has 3 aromatic carbocycles. The first-order chi connectivity index (χ1) is 20.5. The molecule has 1 heterocycles. The molecule has 4 aromatic rings. The van der Waals surface area contributed by atoms with Crippen LogP contribution in [-0.2, 0) is 17.8 Å². The zero-order valence-electron chi connectivity index (χ0n) is 23.8. The lowest BCUT2D eigenvalue weighted by Crippen LogP contribution is -2.42. The number of carbonyl (C=O) groups excluding carboxylic acids is 1. The number of ether oxygens (including phenoxy) is 1. The zero-order chi connectivity index (χ0) is 29.7. The van der Waals surface area contributed by atoms with Crippen molar-refractivity contribution < 1.29 is 24.5 Å². The Morgan fingerprint density at radius 1 is 0.786 bits per heavy atom. The predicted molar refractivity (Wildman–Crippen MR) is 162 cm³/mol. The number of carboxylic acids is 1. The molecule has 4 rings (SSSR count). The third kappa shape index (κ3) is 8.72. The third-order valence-corrected chi connectivity index (χ3v) is 7.01. The number of amides is 1. The first-order valence-electron chi connectivity index (χ1n) is 14.3. The molecule has 0 spiro atoms. The van der Waals surface area contributed by atoms with Gasteiger partial charge in [0, 0.05) is 35.5 Å². The molecule has 0 fully saturated rings. The lowest BCUT2D eigenvalue weighted by atomic mass is 10.0. The second-order valence-electron chi connectivity index (χ2n) is 10.2. The summed E-state index contributed by atoms with van der Waals surface area (Å²) in [5.41, 5.74) is 4.44. The Morgan fingerprint density at radius 3 is 2.02 bits per heavy atom. The van der Waals surface area contributed by atoms with Crippen LogP contribution in [0.2, 0.25) is 0 Å². The van der Waals surface area contributed by atoms with Crippen molar-refractivity contribution in [2.24, 2.45) is 0 Å². The molecule has 3 N–H and O–H groups in total. The second kappa shape index (κ2) is 15.4. The Bertz CT molecular complexity index is 1420. The van der Waals surface area contributed by atoms with Crippen molar-refractivity contribution in [3.63, 3.8) is 0 Å². The number of carbonyl (C=O) groups is 2. The summed E-state index contributed by atoms with van der Waals surface area (Å²) < 4.78 is 5.86. The molecular weight excluding hydrogens is 530 g/mol. The molecule has 0 aliphatic rings. The van der Waals surface area contributed by atoms with Crippen LogP contribution in [0, 0.1) is 0 Å². The highest BCUT2D eigenvalue weighted by molar-refractivity contribution is 5.96. The van der Waals surface area contributed by atoms with Crippen molar-refractivity contribution in [1.82, 2.24) is 15.3 Å². The van der Waals surface area contributed by atoms with Crippen LogP contribution in [0.25, 0.3) is 22.5 Å². The van der Waals surface area contributed by atoms with E-state index in [9.17, 15) is 14.7 Å². The van der Waals surface area contributed by atoms with Crippen LogP contribution in [-0.4, -0.2) is 44.7 Å². The Kier molecular flexibility index (Phi) is 11.2. The fourth-order valence-corrected chi connectivity index (χ4v) is 4.49. The molecule has 1 amide bonds. The monoisotopic (exact) mass is 567 g/mol. The van der Waals surface area contributed by atoms with E-state index in [0.29, 0.717) is 17.0 Å². The first kappa shape index (κ1) is 30.4. The maximum absolute atomic E-state index is 12.6. The number of nitrogens with one attached hydrogen (secondary N) is 1. The fraction of sp³-hybridized carbons (Fsp3) is 0.294. The van der Waals surface area contributed by atoms with E-state index in [1.165, 1.54) is 25.7 Å². The van der Waals surface area contributed by atoms with Crippen molar-refractivity contribution in [1.29, 1.82) is 0 Å². The number of carboxylic acid groups (broad SMARTS) is 1. The summed E-state index contributed by atoms with van der Waals surface area (Å²) in [6.45, 7) is 2.81. The molecule has 1 atom stereocenters. The SMILES string of the molecule is CCCCCCCOc1ccc(-c2cnc(-c3ccc(C[C@H](NC(=O)c4ccc(CO)cc4)C(=O)O)cc3)nc2)cc1. The van der Waals surface area contributed by atoms with Crippen LogP contribution >= 0.6 is 0 Å². The number of benzene rings is 3. The van der Waals surface area contributed by atoms with Gasteiger partial charge in [-0.3, -0.25) is 4.79 Å². The maximum atomic E-state index is 12.6. The Morgan fingerprint density at radius 2 is 1.40 bits per heavy atom. The predicted octanol–water partition coefficient (Wildman–Crippen LogP) is 6.08. The van der Waals surface area contributed by atoms with E-state index >= 15 is 0 Å². The number of aromatic nitrogens is 2. The van der Waals surface area contributed by atoms with Gasteiger partial charge in [0.25, 0.3) is 5.91 Å². The smallest absolute Gasteiger partial charge is 0.326 e. The van der Waals surface area contributed by atoms with E-state index in [4.69, 9.17) is 9.84 Å². The van der Waals surface area contributed by atoms with Gasteiger partial charge in [0.15, 0.2) is 5.82 Å². The molecule has 42 heavy (non-hydrogen) atoms. The molecule has 218 valence electrons. The molecule has 0 unspecified atom stereocenters. The number of hydrogen-bond acceptors (Lipinski definition) is 6. The highest BCUT2D eigenvalue weighted by Gasteiger charge is 2.21. The van der Waals surface area contributed by atoms with Crippen molar-refractivity contribution in [2.45, 2.75) is 58.1 Å². The van der Waals surface area contributed by atoms with Gasteiger partial charge in [-0.2, -0.15) is 0 Å². The first-order valence-corrected chi connectivity index (χ1v) is 14.3. The standard InChI is InChI=1S/C34H37N3O5/c1-2-3-4-5-6-19-42-30-17-15-26(16-18-30)29-21-35-32(36-22-29)27-11-7-24(8-12-27)20-31(34(40)41)37-33(39)28-13-9-25(23-38)10-14-28/h7-18,21-22,31,38H,2-6,19-20,23H2,1H3,(H,37,39)(H,40,41)/t31-/m0/s1. The largest absolute Gasteiger partial charge is 0.494 e. The average molecular weight is 568 g/mol. The van der Waals surface area contributed by atoms with Crippen LogP contribution in [0.1, 0.15) is 60.5 Å². The minimum absolute atomic E-state index is 0.119. The van der Waals surface area contributed by atoms with Crippen LogP contribution in [0.5, 0.6) is 5.75 Å². The van der Waals surface area contributed by atoms with Crippen LogP contribution in [0.15, 0.2) is 85.2 Å². The highest BCUT2D eigenvalue weighted by atomic mass is 16.5. The average Bonchev–Trinajstić information content (AvgIpc) is 3.03. The van der Waals surface area contributed by atoms with E-state index in [2.05, 4.69) is 22.2 Å². The summed E-state index contributed by atoms with van der Waals surface area (Å²) in [5.74, 6) is -0.201. The second-order valence-corrected chi connectivity index (χ2v) is 10.2. The number of aliphatic carboxylic acids is 1. The molecule has 1 aromatic heterocycles. The number of unbranched alkanes of at least 4 members (excludes halogenated alkanes) is 4. The summed E-state index contributed by atoms with van der Waals surface area (Å²) in [6, 6.07) is 20.5. The van der Waals surface area contributed by atoms with Gasteiger partial charge in [0.1, 0.15) is 11.8 Å². The summed E-state index contributed by atoms with van der Waals surface area (Å²) >= 11 is 0. The molecule has 8 nitrogen and oxygen atoms in total. The highest BCUT2D eigenvalue weighted by Crippen LogP contribution is 2.24. The Labute approximate surface area is 246 Å². The van der Waals surface area contributed by atoms with E-state index in [1.807, 2.05) is 48.5 Å². The maximum Gasteiger partial charge on any atom is 0.326 e. The number of rotatable bonds is 15. The summed E-state index contributed by atoms with van der Waals surface area (Å²) in [7, 11) is 0. The quantitative estimate of drug-likeness (QED) is 0.149.